The standard InChI is InChI=1S/C19H23N7O/c1-12-11-25(6-7-26(12)19(27)14-4-5-14)18-15(8-20)9-21-17(23-18)16-10-22-24(3)13(16)2/h9-10,12,14H,4-7,11H2,1-3H3/t12-/m1/s1. The van der Waals surface area contributed by atoms with Crippen LogP contribution in [0.2, 0.25) is 0 Å². The fraction of sp³-hybridized carbons (Fsp3) is 0.526. The number of piperazine rings is 1. The highest BCUT2D eigenvalue weighted by molar-refractivity contribution is 5.81. The number of nitriles is 1. The van der Waals surface area contributed by atoms with Crippen molar-refractivity contribution in [3.63, 3.8) is 0 Å². The van der Waals surface area contributed by atoms with Gasteiger partial charge in [0.05, 0.1) is 18.0 Å². The lowest BCUT2D eigenvalue weighted by Crippen LogP contribution is -2.54. The summed E-state index contributed by atoms with van der Waals surface area (Å²) in [7, 11) is 1.88. The van der Waals surface area contributed by atoms with E-state index >= 15 is 0 Å². The van der Waals surface area contributed by atoms with Crippen LogP contribution in [0.1, 0.15) is 31.0 Å². The second kappa shape index (κ2) is 6.65. The number of nitrogens with zero attached hydrogens (tertiary/aromatic N) is 7. The smallest absolute Gasteiger partial charge is 0.226 e. The Bertz CT molecular complexity index is 925. The van der Waals surface area contributed by atoms with Crippen molar-refractivity contribution in [3.05, 3.63) is 23.7 Å². The molecule has 1 aliphatic carbocycles. The number of aromatic nitrogens is 4. The van der Waals surface area contributed by atoms with Gasteiger partial charge >= 0.3 is 0 Å². The highest BCUT2D eigenvalue weighted by Crippen LogP contribution is 2.33. The van der Waals surface area contributed by atoms with Crippen LogP contribution in [0.3, 0.4) is 0 Å². The maximum atomic E-state index is 12.4. The van der Waals surface area contributed by atoms with E-state index in [0.717, 1.165) is 24.1 Å². The summed E-state index contributed by atoms with van der Waals surface area (Å²) < 4.78 is 1.78. The molecule has 2 fully saturated rings. The third kappa shape index (κ3) is 3.14. The Kier molecular flexibility index (Phi) is 4.30. The van der Waals surface area contributed by atoms with Crippen LogP contribution < -0.4 is 4.90 Å². The first-order valence-electron chi connectivity index (χ1n) is 9.31. The molecule has 8 nitrogen and oxygen atoms in total. The summed E-state index contributed by atoms with van der Waals surface area (Å²) in [6.45, 7) is 6.02. The van der Waals surface area contributed by atoms with Crippen LogP contribution in [0.25, 0.3) is 11.4 Å². The molecule has 0 unspecified atom stereocenters. The lowest BCUT2D eigenvalue weighted by atomic mass is 10.1. The molecule has 2 aromatic rings. The number of aryl methyl sites for hydroxylation is 1. The number of rotatable bonds is 3. The average molecular weight is 365 g/mol. The summed E-state index contributed by atoms with van der Waals surface area (Å²) in [4.78, 5) is 25.6. The molecule has 2 aromatic heterocycles. The molecule has 1 amide bonds. The number of anilines is 1. The van der Waals surface area contributed by atoms with E-state index in [1.165, 1.54) is 0 Å². The minimum atomic E-state index is 0.0944. The van der Waals surface area contributed by atoms with Crippen molar-refractivity contribution in [3.8, 4) is 17.5 Å². The summed E-state index contributed by atoms with van der Waals surface area (Å²) in [5.41, 5.74) is 2.28. The summed E-state index contributed by atoms with van der Waals surface area (Å²) in [6.07, 6.45) is 5.36. The zero-order chi connectivity index (χ0) is 19.1. The zero-order valence-electron chi connectivity index (χ0n) is 15.9. The predicted octanol–water partition coefficient (Wildman–Crippen LogP) is 1.50. The number of hydrogen-bond donors (Lipinski definition) is 0. The first kappa shape index (κ1) is 17.5. The monoisotopic (exact) mass is 365 g/mol. The van der Waals surface area contributed by atoms with Gasteiger partial charge in [0.2, 0.25) is 5.91 Å². The molecular formula is C19H23N7O. The second-order valence-electron chi connectivity index (χ2n) is 7.41. The van der Waals surface area contributed by atoms with Gasteiger partial charge < -0.3 is 9.80 Å². The first-order valence-corrected chi connectivity index (χ1v) is 9.31. The summed E-state index contributed by atoms with van der Waals surface area (Å²) >= 11 is 0. The third-order valence-electron chi connectivity index (χ3n) is 5.50. The van der Waals surface area contributed by atoms with Crippen LogP contribution in [-0.4, -0.2) is 56.2 Å². The summed E-state index contributed by atoms with van der Waals surface area (Å²) in [6, 6.07) is 2.29. The van der Waals surface area contributed by atoms with Gasteiger partial charge in [-0.1, -0.05) is 0 Å². The van der Waals surface area contributed by atoms with Crippen molar-refractivity contribution < 1.29 is 4.79 Å². The second-order valence-corrected chi connectivity index (χ2v) is 7.41. The molecule has 0 radical (unpaired) electrons. The molecule has 4 rings (SSSR count). The Hall–Kier alpha value is -2.95. The molecular weight excluding hydrogens is 342 g/mol. The van der Waals surface area contributed by atoms with Crippen molar-refractivity contribution in [2.24, 2.45) is 13.0 Å². The Balaban J connectivity index is 1.61. The summed E-state index contributed by atoms with van der Waals surface area (Å²) in [5.74, 6) is 1.71. The van der Waals surface area contributed by atoms with Crippen molar-refractivity contribution in [2.75, 3.05) is 24.5 Å². The lowest BCUT2D eigenvalue weighted by molar-refractivity contribution is -0.134. The Labute approximate surface area is 158 Å². The van der Waals surface area contributed by atoms with Gasteiger partial charge in [-0.05, 0) is 26.7 Å². The zero-order valence-corrected chi connectivity index (χ0v) is 15.9. The molecule has 1 atom stereocenters. The minimum absolute atomic E-state index is 0.0944. The number of amides is 1. The molecule has 1 aliphatic heterocycles. The van der Waals surface area contributed by atoms with Gasteiger partial charge in [0, 0.05) is 44.3 Å². The average Bonchev–Trinajstić information content (AvgIpc) is 3.47. The fourth-order valence-electron chi connectivity index (χ4n) is 3.58. The number of carbonyl (C=O) groups is 1. The minimum Gasteiger partial charge on any atom is -0.352 e. The van der Waals surface area contributed by atoms with Crippen LogP contribution in [0.5, 0.6) is 0 Å². The maximum Gasteiger partial charge on any atom is 0.226 e. The van der Waals surface area contributed by atoms with E-state index in [0.29, 0.717) is 36.8 Å². The summed E-state index contributed by atoms with van der Waals surface area (Å²) in [5, 5.41) is 13.8. The van der Waals surface area contributed by atoms with Gasteiger partial charge in [0.15, 0.2) is 11.6 Å². The Morgan fingerprint density at radius 3 is 2.67 bits per heavy atom. The Morgan fingerprint density at radius 1 is 1.30 bits per heavy atom. The van der Waals surface area contributed by atoms with Crippen LogP contribution in [-0.2, 0) is 11.8 Å². The van der Waals surface area contributed by atoms with E-state index in [1.54, 1.807) is 17.1 Å². The van der Waals surface area contributed by atoms with E-state index < -0.39 is 0 Å². The quantitative estimate of drug-likeness (QED) is 0.819. The topological polar surface area (TPSA) is 90.9 Å². The highest BCUT2D eigenvalue weighted by atomic mass is 16.2. The maximum absolute atomic E-state index is 12.4. The molecule has 0 spiro atoms. The van der Waals surface area contributed by atoms with E-state index in [9.17, 15) is 10.1 Å². The van der Waals surface area contributed by atoms with Crippen LogP contribution >= 0.6 is 0 Å². The lowest BCUT2D eigenvalue weighted by Gasteiger charge is -2.40. The van der Waals surface area contributed by atoms with Gasteiger partial charge in [0.25, 0.3) is 0 Å². The number of hydrogen-bond acceptors (Lipinski definition) is 6. The molecule has 0 N–H and O–H groups in total. The van der Waals surface area contributed by atoms with Crippen LogP contribution in [0.15, 0.2) is 12.4 Å². The molecule has 0 bridgehead atoms. The molecule has 140 valence electrons. The van der Waals surface area contributed by atoms with Gasteiger partial charge in [-0.25, -0.2) is 9.97 Å². The van der Waals surface area contributed by atoms with Crippen molar-refractivity contribution in [1.29, 1.82) is 5.26 Å². The van der Waals surface area contributed by atoms with E-state index in [1.807, 2.05) is 18.9 Å². The fourth-order valence-corrected chi connectivity index (χ4v) is 3.58. The first-order chi connectivity index (χ1) is 13.0. The molecule has 0 aromatic carbocycles. The third-order valence-corrected chi connectivity index (χ3v) is 5.50. The normalized spacial score (nSPS) is 19.9. The van der Waals surface area contributed by atoms with Crippen molar-refractivity contribution in [2.45, 2.75) is 32.7 Å². The van der Waals surface area contributed by atoms with Gasteiger partial charge in [0.1, 0.15) is 11.6 Å². The van der Waals surface area contributed by atoms with Crippen LogP contribution in [0, 0.1) is 24.2 Å². The molecule has 1 saturated carbocycles. The molecule has 8 heteroatoms. The van der Waals surface area contributed by atoms with E-state index in [2.05, 4.69) is 28.0 Å². The number of carbonyl (C=O) groups excluding carboxylic acids is 1. The van der Waals surface area contributed by atoms with Gasteiger partial charge in [-0.3, -0.25) is 9.48 Å². The molecule has 3 heterocycles. The SMILES string of the molecule is Cc1c(-c2ncc(C#N)c(N3CCN(C(=O)C4CC4)[C@H](C)C3)n2)cnn1C. The molecule has 2 aliphatic rings. The van der Waals surface area contributed by atoms with Gasteiger partial charge in [-0.2, -0.15) is 10.4 Å². The van der Waals surface area contributed by atoms with Crippen molar-refractivity contribution >= 4 is 11.7 Å². The Morgan fingerprint density at radius 2 is 2.07 bits per heavy atom. The largest absolute Gasteiger partial charge is 0.352 e. The van der Waals surface area contributed by atoms with Gasteiger partial charge in [-0.15, -0.1) is 0 Å². The highest BCUT2D eigenvalue weighted by Gasteiger charge is 2.37. The molecule has 27 heavy (non-hydrogen) atoms. The van der Waals surface area contributed by atoms with E-state index in [-0.39, 0.29) is 17.9 Å². The predicted molar refractivity (Wildman–Crippen MR) is 99.8 cm³/mol. The van der Waals surface area contributed by atoms with E-state index in [4.69, 9.17) is 4.98 Å². The molecule has 1 saturated heterocycles. The van der Waals surface area contributed by atoms with Crippen LogP contribution in [0.4, 0.5) is 5.82 Å². The van der Waals surface area contributed by atoms with Crippen molar-refractivity contribution in [1.82, 2.24) is 24.6 Å².